The first-order chi connectivity index (χ1) is 11.5. The predicted molar refractivity (Wildman–Crippen MR) is 92.9 cm³/mol. The SMILES string of the molecule is Cc1ccccc1C(=O)NNC(=O)c1ccc(OCC(C)C)cc1. The van der Waals surface area contributed by atoms with E-state index in [2.05, 4.69) is 24.7 Å². The van der Waals surface area contributed by atoms with Gasteiger partial charge in [-0.2, -0.15) is 0 Å². The van der Waals surface area contributed by atoms with E-state index in [9.17, 15) is 9.59 Å². The molecule has 0 unspecified atom stereocenters. The molecule has 0 aliphatic carbocycles. The number of amides is 2. The fraction of sp³-hybridized carbons (Fsp3) is 0.263. The van der Waals surface area contributed by atoms with Crippen LogP contribution in [0.2, 0.25) is 0 Å². The van der Waals surface area contributed by atoms with E-state index < -0.39 is 0 Å². The highest BCUT2D eigenvalue weighted by Crippen LogP contribution is 2.13. The van der Waals surface area contributed by atoms with Gasteiger partial charge < -0.3 is 4.74 Å². The Morgan fingerprint density at radius 1 is 0.958 bits per heavy atom. The van der Waals surface area contributed by atoms with Crippen molar-refractivity contribution < 1.29 is 14.3 Å². The van der Waals surface area contributed by atoms with Crippen molar-refractivity contribution in [1.82, 2.24) is 10.9 Å². The first kappa shape index (κ1) is 17.5. The van der Waals surface area contributed by atoms with E-state index in [1.54, 1.807) is 36.4 Å². The van der Waals surface area contributed by atoms with Gasteiger partial charge >= 0.3 is 0 Å². The molecule has 0 spiro atoms. The largest absolute Gasteiger partial charge is 0.493 e. The Labute approximate surface area is 142 Å². The Hall–Kier alpha value is -2.82. The first-order valence-corrected chi connectivity index (χ1v) is 7.86. The van der Waals surface area contributed by atoms with Crippen LogP contribution < -0.4 is 15.6 Å². The van der Waals surface area contributed by atoms with Gasteiger partial charge in [-0.15, -0.1) is 0 Å². The highest BCUT2D eigenvalue weighted by atomic mass is 16.5. The van der Waals surface area contributed by atoms with Crippen molar-refractivity contribution >= 4 is 11.8 Å². The van der Waals surface area contributed by atoms with Crippen molar-refractivity contribution in [3.05, 3.63) is 65.2 Å². The number of hydrogen-bond acceptors (Lipinski definition) is 3. The lowest BCUT2D eigenvalue weighted by Gasteiger charge is -2.10. The topological polar surface area (TPSA) is 67.4 Å². The van der Waals surface area contributed by atoms with Crippen molar-refractivity contribution in [3.8, 4) is 5.75 Å². The fourth-order valence-corrected chi connectivity index (χ4v) is 2.05. The molecule has 5 nitrogen and oxygen atoms in total. The zero-order valence-electron chi connectivity index (χ0n) is 14.1. The van der Waals surface area contributed by atoms with Crippen molar-refractivity contribution in [1.29, 1.82) is 0 Å². The Morgan fingerprint density at radius 3 is 2.21 bits per heavy atom. The van der Waals surface area contributed by atoms with Crippen LogP contribution in [0.4, 0.5) is 0 Å². The van der Waals surface area contributed by atoms with Crippen LogP contribution in [0.3, 0.4) is 0 Å². The van der Waals surface area contributed by atoms with Gasteiger partial charge in [-0.25, -0.2) is 0 Å². The van der Waals surface area contributed by atoms with E-state index in [0.717, 1.165) is 5.56 Å². The molecule has 0 saturated carbocycles. The number of rotatable bonds is 5. The molecule has 0 radical (unpaired) electrons. The van der Waals surface area contributed by atoms with Crippen molar-refractivity contribution in [2.45, 2.75) is 20.8 Å². The fourth-order valence-electron chi connectivity index (χ4n) is 2.05. The maximum atomic E-state index is 12.1. The number of benzene rings is 2. The van der Waals surface area contributed by atoms with Crippen LogP contribution in [0.1, 0.15) is 40.1 Å². The second-order valence-electron chi connectivity index (χ2n) is 5.95. The maximum Gasteiger partial charge on any atom is 0.269 e. The molecule has 2 N–H and O–H groups in total. The summed E-state index contributed by atoms with van der Waals surface area (Å²) in [4.78, 5) is 24.1. The van der Waals surface area contributed by atoms with Crippen LogP contribution in [0.5, 0.6) is 5.75 Å². The summed E-state index contributed by atoms with van der Waals surface area (Å²) in [5.74, 6) is 0.416. The predicted octanol–water partition coefficient (Wildman–Crippen LogP) is 3.10. The monoisotopic (exact) mass is 326 g/mol. The van der Waals surface area contributed by atoms with Crippen LogP contribution in [0.15, 0.2) is 48.5 Å². The third kappa shape index (κ3) is 4.84. The first-order valence-electron chi connectivity index (χ1n) is 7.86. The molecule has 0 atom stereocenters. The van der Waals surface area contributed by atoms with Crippen LogP contribution in [0.25, 0.3) is 0 Å². The molecule has 0 aromatic heterocycles. The second kappa shape index (κ2) is 8.15. The van der Waals surface area contributed by atoms with Crippen LogP contribution in [0, 0.1) is 12.8 Å². The number of nitrogens with one attached hydrogen (secondary N) is 2. The molecular weight excluding hydrogens is 304 g/mol. The van der Waals surface area contributed by atoms with E-state index in [1.807, 2.05) is 19.1 Å². The molecule has 2 aromatic carbocycles. The molecule has 5 heteroatoms. The highest BCUT2D eigenvalue weighted by molar-refractivity contribution is 5.99. The van der Waals surface area contributed by atoms with Crippen molar-refractivity contribution in [2.24, 2.45) is 5.92 Å². The molecule has 0 bridgehead atoms. The van der Waals surface area contributed by atoms with Gasteiger partial charge in [0.2, 0.25) is 0 Å². The Bertz CT molecular complexity index is 709. The van der Waals surface area contributed by atoms with E-state index >= 15 is 0 Å². The van der Waals surface area contributed by atoms with Gasteiger partial charge in [0.05, 0.1) is 6.61 Å². The number of hydrogen-bond donors (Lipinski definition) is 2. The van der Waals surface area contributed by atoms with Crippen LogP contribution >= 0.6 is 0 Å². The van der Waals surface area contributed by atoms with Gasteiger partial charge in [0.1, 0.15) is 5.75 Å². The normalized spacial score (nSPS) is 10.3. The lowest BCUT2D eigenvalue weighted by molar-refractivity contribution is 0.0846. The summed E-state index contributed by atoms with van der Waals surface area (Å²) in [5.41, 5.74) is 6.65. The average Bonchev–Trinajstić information content (AvgIpc) is 2.58. The standard InChI is InChI=1S/C19H22N2O3/c1-13(2)12-24-16-10-8-15(9-11-16)18(22)20-21-19(23)17-7-5-4-6-14(17)3/h4-11,13H,12H2,1-3H3,(H,20,22)(H,21,23). The van der Waals surface area contributed by atoms with Crippen molar-refractivity contribution in [2.75, 3.05) is 6.61 Å². The Morgan fingerprint density at radius 2 is 1.58 bits per heavy atom. The maximum absolute atomic E-state index is 12.1. The molecule has 0 fully saturated rings. The number of hydrazine groups is 1. The highest BCUT2D eigenvalue weighted by Gasteiger charge is 2.10. The van der Waals surface area contributed by atoms with Gasteiger partial charge in [-0.05, 0) is 48.7 Å². The minimum Gasteiger partial charge on any atom is -0.493 e. The van der Waals surface area contributed by atoms with E-state index in [-0.39, 0.29) is 11.8 Å². The smallest absolute Gasteiger partial charge is 0.269 e. The molecule has 2 rings (SSSR count). The van der Waals surface area contributed by atoms with Gasteiger partial charge in [0, 0.05) is 11.1 Å². The third-order valence-electron chi connectivity index (χ3n) is 3.38. The van der Waals surface area contributed by atoms with Crippen molar-refractivity contribution in [3.63, 3.8) is 0 Å². The van der Waals surface area contributed by atoms with Crippen LogP contribution in [-0.2, 0) is 0 Å². The molecule has 0 aliphatic rings. The van der Waals surface area contributed by atoms with Gasteiger partial charge in [0.15, 0.2) is 0 Å². The molecule has 2 aromatic rings. The van der Waals surface area contributed by atoms with Gasteiger partial charge in [-0.1, -0.05) is 32.0 Å². The van der Waals surface area contributed by atoms with Gasteiger partial charge in [0.25, 0.3) is 11.8 Å². The molecule has 126 valence electrons. The summed E-state index contributed by atoms with van der Waals surface area (Å²) in [7, 11) is 0. The third-order valence-corrected chi connectivity index (χ3v) is 3.38. The zero-order valence-corrected chi connectivity index (χ0v) is 14.1. The summed E-state index contributed by atoms with van der Waals surface area (Å²) >= 11 is 0. The van der Waals surface area contributed by atoms with E-state index in [1.165, 1.54) is 0 Å². The number of carbonyl (C=O) groups is 2. The molecule has 0 heterocycles. The minimum absolute atomic E-state index is 0.349. The zero-order chi connectivity index (χ0) is 17.5. The number of ether oxygens (including phenoxy) is 1. The molecule has 0 saturated heterocycles. The Balaban J connectivity index is 1.90. The molecular formula is C19H22N2O3. The summed E-state index contributed by atoms with van der Waals surface area (Å²) in [5, 5.41) is 0. The molecule has 24 heavy (non-hydrogen) atoms. The summed E-state index contributed by atoms with van der Waals surface area (Å²) in [6.07, 6.45) is 0. The van der Waals surface area contributed by atoms with E-state index in [4.69, 9.17) is 4.74 Å². The lowest BCUT2D eigenvalue weighted by Crippen LogP contribution is -2.41. The van der Waals surface area contributed by atoms with Gasteiger partial charge in [-0.3, -0.25) is 20.4 Å². The number of carbonyl (C=O) groups excluding carboxylic acids is 2. The Kier molecular flexibility index (Phi) is 5.95. The molecule has 2 amide bonds. The second-order valence-corrected chi connectivity index (χ2v) is 5.95. The average molecular weight is 326 g/mol. The quantitative estimate of drug-likeness (QED) is 0.830. The molecule has 0 aliphatic heterocycles. The summed E-state index contributed by atoms with van der Waals surface area (Å²) < 4.78 is 5.57. The summed E-state index contributed by atoms with van der Waals surface area (Å²) in [6, 6.07) is 14.0. The number of aryl methyl sites for hydroxylation is 1. The minimum atomic E-state index is -0.382. The summed E-state index contributed by atoms with van der Waals surface area (Å²) in [6.45, 7) is 6.60. The lowest BCUT2D eigenvalue weighted by atomic mass is 10.1. The van der Waals surface area contributed by atoms with E-state index in [0.29, 0.717) is 29.4 Å². The van der Waals surface area contributed by atoms with Crippen LogP contribution in [-0.4, -0.2) is 18.4 Å².